The Kier molecular flexibility index (Phi) is 6.74. The highest BCUT2D eigenvalue weighted by Gasteiger charge is 2.25. The molecule has 0 unspecified atom stereocenters. The topological polar surface area (TPSA) is 78.9 Å². The highest BCUT2D eigenvalue weighted by Crippen LogP contribution is 2.41. The predicted octanol–water partition coefficient (Wildman–Crippen LogP) is 8.30. The van der Waals surface area contributed by atoms with Crippen LogP contribution in [0.15, 0.2) is 122 Å². The van der Waals surface area contributed by atoms with Crippen molar-refractivity contribution in [1.82, 2.24) is 0 Å². The van der Waals surface area contributed by atoms with Gasteiger partial charge in [0.1, 0.15) is 34.0 Å². The average molecular weight is 581 g/mol. The summed E-state index contributed by atoms with van der Waals surface area (Å²) >= 11 is 0. The number of ether oxygens (including phenoxy) is 2. The fourth-order valence-corrected chi connectivity index (χ4v) is 5.93. The Balaban J connectivity index is 1.64. The number of methoxy groups -OCH3 is 2. The van der Waals surface area contributed by atoms with E-state index < -0.39 is 0 Å². The van der Waals surface area contributed by atoms with Crippen LogP contribution in [-0.4, -0.2) is 14.2 Å². The number of hydrogen-bond acceptors (Lipinski definition) is 6. The molecule has 216 valence electrons. The average Bonchev–Trinajstić information content (AvgIpc) is 3.05. The first-order valence-corrected chi connectivity index (χ1v) is 14.3. The Morgan fingerprint density at radius 2 is 1.23 bits per heavy atom. The Bertz CT molecular complexity index is 2320. The van der Waals surface area contributed by atoms with Gasteiger partial charge in [0.15, 0.2) is 0 Å². The lowest BCUT2D eigenvalue weighted by Crippen LogP contribution is -2.12. The molecule has 6 nitrogen and oxygen atoms in total. The van der Waals surface area contributed by atoms with Gasteiger partial charge >= 0.3 is 0 Å². The van der Waals surface area contributed by atoms with E-state index >= 15 is 0 Å². The lowest BCUT2D eigenvalue weighted by Gasteiger charge is -2.18. The first kappa shape index (κ1) is 27.2. The molecule has 0 saturated heterocycles. The Morgan fingerprint density at radius 1 is 0.636 bits per heavy atom. The molecule has 0 atom stereocenters. The summed E-state index contributed by atoms with van der Waals surface area (Å²) in [6.07, 6.45) is 0.389. The zero-order chi connectivity index (χ0) is 30.4. The second-order valence-corrected chi connectivity index (χ2v) is 10.7. The molecule has 2 aromatic heterocycles. The van der Waals surface area contributed by atoms with Crippen LogP contribution in [0.3, 0.4) is 0 Å². The van der Waals surface area contributed by atoms with Crippen LogP contribution in [0.2, 0.25) is 0 Å². The molecule has 0 aliphatic heterocycles. The van der Waals surface area contributed by atoms with E-state index in [2.05, 4.69) is 0 Å². The van der Waals surface area contributed by atoms with E-state index in [-0.39, 0.29) is 10.9 Å². The molecule has 0 N–H and O–H groups in total. The van der Waals surface area contributed by atoms with Crippen molar-refractivity contribution in [2.45, 2.75) is 13.3 Å². The molecule has 0 aliphatic carbocycles. The van der Waals surface area contributed by atoms with Crippen molar-refractivity contribution in [3.8, 4) is 33.8 Å². The Hall–Kier alpha value is -5.62. The zero-order valence-electron chi connectivity index (χ0n) is 24.5. The summed E-state index contributed by atoms with van der Waals surface area (Å²) in [7, 11) is 3.13. The molecular formula is C38H28O6. The van der Waals surface area contributed by atoms with Crippen molar-refractivity contribution in [2.75, 3.05) is 14.2 Å². The van der Waals surface area contributed by atoms with Crippen LogP contribution in [0, 0.1) is 6.92 Å². The van der Waals surface area contributed by atoms with Crippen LogP contribution < -0.4 is 20.3 Å². The van der Waals surface area contributed by atoms with Gasteiger partial charge < -0.3 is 18.3 Å². The van der Waals surface area contributed by atoms with Gasteiger partial charge in [0, 0.05) is 17.5 Å². The quantitative estimate of drug-likeness (QED) is 0.184. The van der Waals surface area contributed by atoms with E-state index in [1.165, 1.54) is 0 Å². The highest BCUT2D eigenvalue weighted by molar-refractivity contribution is 6.06. The minimum absolute atomic E-state index is 0.166. The summed E-state index contributed by atoms with van der Waals surface area (Å²) in [6, 6.07) is 31.9. The van der Waals surface area contributed by atoms with Crippen LogP contribution in [0.25, 0.3) is 55.2 Å². The SMILES string of the molecule is COc1ccc2oc(Cc3ccccc3)c(-c3cc(C)c4c(=O)c5cc(OC)ccc5oc4c3-c3ccccc3)c(=O)c2c1. The third-order valence-electron chi connectivity index (χ3n) is 8.06. The second kappa shape index (κ2) is 10.9. The molecule has 2 heterocycles. The third-order valence-corrected chi connectivity index (χ3v) is 8.06. The number of rotatable bonds is 6. The van der Waals surface area contributed by atoms with E-state index in [1.807, 2.05) is 73.7 Å². The molecule has 0 radical (unpaired) electrons. The van der Waals surface area contributed by atoms with Crippen molar-refractivity contribution < 1.29 is 18.3 Å². The summed E-state index contributed by atoms with van der Waals surface area (Å²) in [4.78, 5) is 28.6. The van der Waals surface area contributed by atoms with Gasteiger partial charge in [0.05, 0.1) is 35.9 Å². The van der Waals surface area contributed by atoms with Gasteiger partial charge in [0.2, 0.25) is 10.9 Å². The molecule has 0 bridgehead atoms. The normalized spacial score (nSPS) is 11.3. The molecule has 0 saturated carbocycles. The number of benzene rings is 5. The highest BCUT2D eigenvalue weighted by atomic mass is 16.5. The zero-order valence-corrected chi connectivity index (χ0v) is 24.5. The van der Waals surface area contributed by atoms with Gasteiger partial charge in [-0.3, -0.25) is 9.59 Å². The first-order valence-electron chi connectivity index (χ1n) is 14.3. The fourth-order valence-electron chi connectivity index (χ4n) is 5.93. The van der Waals surface area contributed by atoms with E-state index in [1.54, 1.807) is 50.6 Å². The minimum atomic E-state index is -0.195. The van der Waals surface area contributed by atoms with E-state index in [9.17, 15) is 9.59 Å². The van der Waals surface area contributed by atoms with Crippen LogP contribution in [-0.2, 0) is 6.42 Å². The molecule has 7 rings (SSSR count). The summed E-state index contributed by atoms with van der Waals surface area (Å²) in [5.41, 5.74) is 5.11. The first-order chi connectivity index (χ1) is 21.5. The summed E-state index contributed by atoms with van der Waals surface area (Å²) in [6.45, 7) is 1.87. The van der Waals surface area contributed by atoms with E-state index in [0.29, 0.717) is 78.8 Å². The van der Waals surface area contributed by atoms with Gasteiger partial charge in [-0.15, -0.1) is 0 Å². The number of aryl methyl sites for hydroxylation is 1. The maximum atomic E-state index is 14.6. The van der Waals surface area contributed by atoms with Gasteiger partial charge in [-0.05, 0) is 66.1 Å². The Morgan fingerprint density at radius 3 is 1.86 bits per heavy atom. The van der Waals surface area contributed by atoms with Crippen LogP contribution >= 0.6 is 0 Å². The standard InChI is InChI=1S/C38H28O6/c1-22-18-29(35-32(19-23-10-6-4-7-11-23)43-30-16-14-25(41-2)20-27(30)37(35)40)34(24-12-8-5-9-13-24)38-33(22)36(39)28-21-26(42-3)15-17-31(28)44-38/h4-18,20-21H,19H2,1-3H3. The van der Waals surface area contributed by atoms with Gasteiger partial charge in [-0.2, -0.15) is 0 Å². The van der Waals surface area contributed by atoms with Crippen LogP contribution in [0.4, 0.5) is 0 Å². The molecular weight excluding hydrogens is 552 g/mol. The largest absolute Gasteiger partial charge is 0.497 e. The molecule has 7 aromatic rings. The maximum absolute atomic E-state index is 14.6. The maximum Gasteiger partial charge on any atom is 0.200 e. The lowest BCUT2D eigenvalue weighted by molar-refractivity contribution is 0.415. The minimum Gasteiger partial charge on any atom is -0.497 e. The second-order valence-electron chi connectivity index (χ2n) is 10.7. The van der Waals surface area contributed by atoms with Crippen molar-refractivity contribution in [1.29, 1.82) is 0 Å². The van der Waals surface area contributed by atoms with E-state index in [0.717, 1.165) is 11.1 Å². The monoisotopic (exact) mass is 580 g/mol. The molecule has 0 amide bonds. The smallest absolute Gasteiger partial charge is 0.200 e. The molecule has 0 spiro atoms. The summed E-state index contributed by atoms with van der Waals surface area (Å²) in [5.74, 6) is 1.64. The van der Waals surface area contributed by atoms with E-state index in [4.69, 9.17) is 18.3 Å². The molecule has 0 fully saturated rings. The molecule has 44 heavy (non-hydrogen) atoms. The molecule has 5 aromatic carbocycles. The molecule has 0 aliphatic rings. The molecule has 6 heteroatoms. The fraction of sp³-hybridized carbons (Fsp3) is 0.105. The predicted molar refractivity (Wildman–Crippen MR) is 174 cm³/mol. The van der Waals surface area contributed by atoms with Gasteiger partial charge in [-0.25, -0.2) is 0 Å². The van der Waals surface area contributed by atoms with Gasteiger partial charge in [0.25, 0.3) is 0 Å². The van der Waals surface area contributed by atoms with Crippen LogP contribution in [0.5, 0.6) is 11.5 Å². The van der Waals surface area contributed by atoms with Crippen molar-refractivity contribution in [3.05, 3.63) is 140 Å². The summed E-state index contributed by atoms with van der Waals surface area (Å²) < 4.78 is 23.9. The number of fused-ring (bicyclic) bond motifs is 3. The van der Waals surface area contributed by atoms with Crippen molar-refractivity contribution >= 4 is 32.9 Å². The van der Waals surface area contributed by atoms with Gasteiger partial charge in [-0.1, -0.05) is 60.7 Å². The Labute approximate surface area is 252 Å². The summed E-state index contributed by atoms with van der Waals surface area (Å²) in [5, 5.41) is 1.28. The van der Waals surface area contributed by atoms with Crippen LogP contribution in [0.1, 0.15) is 16.9 Å². The lowest BCUT2D eigenvalue weighted by atomic mass is 9.88. The third kappa shape index (κ3) is 4.52. The van der Waals surface area contributed by atoms with Crippen molar-refractivity contribution in [2.24, 2.45) is 0 Å². The van der Waals surface area contributed by atoms with Crippen molar-refractivity contribution in [3.63, 3.8) is 0 Å². The number of hydrogen-bond donors (Lipinski definition) is 0.